The fourth-order valence-electron chi connectivity index (χ4n) is 5.38. The van der Waals surface area contributed by atoms with Gasteiger partial charge in [-0.3, -0.25) is 13.9 Å². The highest BCUT2D eigenvalue weighted by Gasteiger charge is 2.36. The van der Waals surface area contributed by atoms with E-state index in [0.717, 1.165) is 54.5 Å². The molecule has 3 aromatic rings. The monoisotopic (exact) mass is 629 g/mol. The number of anilines is 1. The van der Waals surface area contributed by atoms with Gasteiger partial charge in [-0.15, -0.1) is 0 Å². The van der Waals surface area contributed by atoms with Gasteiger partial charge >= 0.3 is 6.18 Å². The van der Waals surface area contributed by atoms with Crippen LogP contribution in [0.1, 0.15) is 61.3 Å². The maximum absolute atomic E-state index is 14.2. The van der Waals surface area contributed by atoms with Gasteiger partial charge < -0.3 is 10.2 Å². The number of hydrogen-bond donors (Lipinski definition) is 1. The third kappa shape index (κ3) is 7.99. The average molecular weight is 630 g/mol. The van der Waals surface area contributed by atoms with E-state index in [2.05, 4.69) is 5.32 Å². The third-order valence-corrected chi connectivity index (χ3v) is 9.70. The minimum absolute atomic E-state index is 0.00333. The van der Waals surface area contributed by atoms with Crippen LogP contribution in [0.4, 0.5) is 18.9 Å². The summed E-state index contributed by atoms with van der Waals surface area (Å²) in [6.07, 6.45) is -0.807. The molecular weight excluding hydrogens is 591 g/mol. The van der Waals surface area contributed by atoms with Crippen molar-refractivity contribution in [1.82, 2.24) is 10.2 Å². The molecule has 0 bridgehead atoms. The number of sulfonamides is 1. The summed E-state index contributed by atoms with van der Waals surface area (Å²) in [5.41, 5.74) is 1.15. The Morgan fingerprint density at radius 2 is 1.52 bits per heavy atom. The van der Waals surface area contributed by atoms with Crippen molar-refractivity contribution in [2.45, 2.75) is 82.6 Å². The van der Waals surface area contributed by atoms with Gasteiger partial charge in [0.25, 0.3) is 10.0 Å². The molecule has 0 aliphatic heterocycles. The number of carbonyl (C=O) groups excluding carboxylic acids is 2. The summed E-state index contributed by atoms with van der Waals surface area (Å²) < 4.78 is 69.6. The van der Waals surface area contributed by atoms with E-state index in [9.17, 15) is 31.2 Å². The average Bonchev–Trinajstić information content (AvgIpc) is 3.49. The van der Waals surface area contributed by atoms with Gasteiger partial charge in [-0.05, 0) is 69.0 Å². The zero-order chi connectivity index (χ0) is 32.1. The maximum Gasteiger partial charge on any atom is 0.416 e. The molecule has 4 rings (SSSR count). The zero-order valence-corrected chi connectivity index (χ0v) is 25.9. The van der Waals surface area contributed by atoms with Crippen molar-refractivity contribution >= 4 is 27.5 Å². The Labute approximate surface area is 257 Å². The topological polar surface area (TPSA) is 86.8 Å². The molecule has 1 saturated carbocycles. The van der Waals surface area contributed by atoms with Crippen LogP contribution >= 0.6 is 0 Å². The SMILES string of the molecule is CC[C@@H](C(=O)NC1CCCC1)N(Cc1ccc(C)cc1)C(=O)CN(c1cccc(C(F)(F)F)c1)S(=O)(=O)c1ccc(C)cc1. The molecule has 0 radical (unpaired) electrons. The van der Waals surface area contributed by atoms with E-state index in [1.165, 1.54) is 23.1 Å². The number of amides is 2. The number of alkyl halides is 3. The quantitative estimate of drug-likeness (QED) is 0.267. The normalized spacial score (nSPS) is 14.7. The van der Waals surface area contributed by atoms with Crippen LogP contribution in [0.15, 0.2) is 77.7 Å². The highest BCUT2D eigenvalue weighted by molar-refractivity contribution is 7.92. The lowest BCUT2D eigenvalue weighted by Gasteiger charge is -2.34. The first-order valence-corrected chi connectivity index (χ1v) is 16.2. The van der Waals surface area contributed by atoms with E-state index in [-0.39, 0.29) is 35.5 Å². The first-order chi connectivity index (χ1) is 20.8. The van der Waals surface area contributed by atoms with Gasteiger partial charge in [0.15, 0.2) is 0 Å². The van der Waals surface area contributed by atoms with Crippen molar-refractivity contribution in [2.24, 2.45) is 0 Å². The Morgan fingerprint density at radius 3 is 2.09 bits per heavy atom. The van der Waals surface area contributed by atoms with Crippen LogP contribution < -0.4 is 9.62 Å². The number of hydrogen-bond acceptors (Lipinski definition) is 4. The summed E-state index contributed by atoms with van der Waals surface area (Å²) in [6, 6.07) is 16.2. The number of carbonyl (C=O) groups is 2. The summed E-state index contributed by atoms with van der Waals surface area (Å²) in [5, 5.41) is 3.04. The van der Waals surface area contributed by atoms with Crippen LogP contribution in [0.25, 0.3) is 0 Å². The predicted octanol–water partition coefficient (Wildman–Crippen LogP) is 6.38. The Balaban J connectivity index is 1.75. The molecule has 0 heterocycles. The Bertz CT molecular complexity index is 1550. The number of aryl methyl sites for hydroxylation is 2. The van der Waals surface area contributed by atoms with Crippen LogP contribution in [0.3, 0.4) is 0 Å². The molecule has 2 amide bonds. The zero-order valence-electron chi connectivity index (χ0n) is 25.1. The maximum atomic E-state index is 14.2. The van der Waals surface area contributed by atoms with Gasteiger partial charge in [-0.1, -0.05) is 73.4 Å². The molecule has 0 spiro atoms. The molecule has 0 saturated heterocycles. The summed E-state index contributed by atoms with van der Waals surface area (Å²) in [5.74, 6) is -1.06. The number of benzene rings is 3. The summed E-state index contributed by atoms with van der Waals surface area (Å²) in [6.45, 7) is 4.66. The largest absolute Gasteiger partial charge is 0.416 e. The summed E-state index contributed by atoms with van der Waals surface area (Å²) >= 11 is 0. The van der Waals surface area contributed by atoms with Crippen molar-refractivity contribution in [1.29, 1.82) is 0 Å². The van der Waals surface area contributed by atoms with Gasteiger partial charge in [0, 0.05) is 12.6 Å². The van der Waals surface area contributed by atoms with Crippen molar-refractivity contribution in [2.75, 3.05) is 10.8 Å². The number of halogens is 3. The minimum Gasteiger partial charge on any atom is -0.352 e. The molecule has 3 aromatic carbocycles. The fourth-order valence-corrected chi connectivity index (χ4v) is 6.79. The Morgan fingerprint density at radius 1 is 0.932 bits per heavy atom. The van der Waals surface area contributed by atoms with E-state index in [4.69, 9.17) is 0 Å². The first kappa shape index (κ1) is 33.0. The van der Waals surface area contributed by atoms with Crippen LogP contribution in [-0.2, 0) is 32.3 Å². The van der Waals surface area contributed by atoms with E-state index in [1.54, 1.807) is 26.0 Å². The molecule has 11 heteroatoms. The van der Waals surface area contributed by atoms with Crippen LogP contribution in [-0.4, -0.2) is 43.8 Å². The molecule has 1 aliphatic rings. The molecule has 1 aliphatic carbocycles. The minimum atomic E-state index is -4.73. The summed E-state index contributed by atoms with van der Waals surface area (Å²) in [4.78, 5) is 28.8. The van der Waals surface area contributed by atoms with Gasteiger partial charge in [0.2, 0.25) is 11.8 Å². The van der Waals surface area contributed by atoms with Crippen molar-refractivity contribution in [3.8, 4) is 0 Å². The number of nitrogens with one attached hydrogen (secondary N) is 1. The lowest BCUT2D eigenvalue weighted by atomic mass is 10.1. The third-order valence-electron chi connectivity index (χ3n) is 7.91. The smallest absolute Gasteiger partial charge is 0.352 e. The van der Waals surface area contributed by atoms with Crippen molar-refractivity contribution in [3.05, 3.63) is 95.1 Å². The molecule has 7 nitrogen and oxygen atoms in total. The number of nitrogens with zero attached hydrogens (tertiary/aromatic N) is 2. The predicted molar refractivity (Wildman–Crippen MR) is 163 cm³/mol. The van der Waals surface area contributed by atoms with Gasteiger partial charge in [0.05, 0.1) is 16.1 Å². The molecule has 0 aromatic heterocycles. The standard InChI is InChI=1S/C33H38F3N3O4S/c1-4-30(32(41)37-27-9-5-6-10-27)38(21-25-16-12-23(2)13-17-25)31(40)22-39(28-11-7-8-26(20-28)33(34,35)36)44(42,43)29-18-14-24(3)15-19-29/h7-8,11-20,27,30H,4-6,9-10,21-22H2,1-3H3,(H,37,41)/t30-/m0/s1. The number of rotatable bonds is 11. The second-order valence-corrected chi connectivity index (χ2v) is 13.2. The highest BCUT2D eigenvalue weighted by atomic mass is 32.2. The highest BCUT2D eigenvalue weighted by Crippen LogP contribution is 2.33. The van der Waals surface area contributed by atoms with Crippen molar-refractivity contribution < 1.29 is 31.2 Å². The van der Waals surface area contributed by atoms with Crippen molar-refractivity contribution in [3.63, 3.8) is 0 Å². The molecule has 236 valence electrons. The Hall–Kier alpha value is -3.86. The van der Waals surface area contributed by atoms with E-state index >= 15 is 0 Å². The second-order valence-electron chi connectivity index (χ2n) is 11.3. The summed E-state index contributed by atoms with van der Waals surface area (Å²) in [7, 11) is -4.49. The molecular formula is C33H38F3N3O4S. The fraction of sp³-hybridized carbons (Fsp3) is 0.394. The van der Waals surface area contributed by atoms with Crippen LogP contribution in [0.5, 0.6) is 0 Å². The van der Waals surface area contributed by atoms with Crippen LogP contribution in [0, 0.1) is 13.8 Å². The molecule has 1 N–H and O–H groups in total. The molecule has 1 fully saturated rings. The van der Waals surface area contributed by atoms with Gasteiger partial charge in [0.1, 0.15) is 12.6 Å². The second kappa shape index (κ2) is 13.8. The lowest BCUT2D eigenvalue weighted by Crippen LogP contribution is -2.53. The van der Waals surface area contributed by atoms with E-state index in [0.29, 0.717) is 10.4 Å². The van der Waals surface area contributed by atoms with E-state index in [1.807, 2.05) is 31.2 Å². The van der Waals surface area contributed by atoms with Crippen LogP contribution in [0.2, 0.25) is 0 Å². The molecule has 44 heavy (non-hydrogen) atoms. The lowest BCUT2D eigenvalue weighted by molar-refractivity contribution is -0.140. The molecule has 0 unspecified atom stereocenters. The Kier molecular flexibility index (Phi) is 10.4. The van der Waals surface area contributed by atoms with E-state index < -0.39 is 40.3 Å². The van der Waals surface area contributed by atoms with Gasteiger partial charge in [-0.2, -0.15) is 13.2 Å². The molecule has 1 atom stereocenters. The first-order valence-electron chi connectivity index (χ1n) is 14.7. The van der Waals surface area contributed by atoms with Gasteiger partial charge in [-0.25, -0.2) is 8.42 Å².